The van der Waals surface area contributed by atoms with Crippen molar-refractivity contribution in [3.63, 3.8) is 0 Å². The van der Waals surface area contributed by atoms with Crippen molar-refractivity contribution in [3.8, 4) is 0 Å². The monoisotopic (exact) mass is 173 g/mol. The van der Waals surface area contributed by atoms with Crippen LogP contribution in [-0.4, -0.2) is 0 Å². The van der Waals surface area contributed by atoms with Crippen LogP contribution in [0, 0.1) is 0 Å². The van der Waals surface area contributed by atoms with Gasteiger partial charge >= 0.3 is 0 Å². The van der Waals surface area contributed by atoms with Gasteiger partial charge in [-0.15, -0.1) is 0 Å². The highest BCUT2D eigenvalue weighted by molar-refractivity contribution is 5.29. The molecule has 0 unspecified atom stereocenters. The summed E-state index contributed by atoms with van der Waals surface area (Å²) in [7, 11) is 0. The largest absolute Gasteiger partial charge is 0.356 e. The lowest BCUT2D eigenvalue weighted by molar-refractivity contribution is 1.05. The minimum atomic E-state index is 0.878. The highest BCUT2D eigenvalue weighted by atomic mass is 14.9. The molecule has 0 aromatic rings. The lowest BCUT2D eigenvalue weighted by atomic mass is 10.3. The summed E-state index contributed by atoms with van der Waals surface area (Å²) in [5.74, 6) is 0. The second-order valence-corrected chi connectivity index (χ2v) is 2.25. The van der Waals surface area contributed by atoms with Gasteiger partial charge in [-0.3, -0.25) is 0 Å². The zero-order valence-corrected chi connectivity index (χ0v) is 7.79. The van der Waals surface area contributed by atoms with E-state index in [1.165, 1.54) is 0 Å². The van der Waals surface area contributed by atoms with Crippen LogP contribution < -0.4 is 5.32 Å². The molecule has 68 valence electrons. The summed E-state index contributed by atoms with van der Waals surface area (Å²) in [6.45, 7) is 14.5. The van der Waals surface area contributed by atoms with Crippen LogP contribution in [0.3, 0.4) is 0 Å². The third kappa shape index (κ3) is 4.64. The Balaban J connectivity index is 4.54. The van der Waals surface area contributed by atoms with Crippen LogP contribution in [0.5, 0.6) is 0 Å². The molecule has 0 bridgehead atoms. The van der Waals surface area contributed by atoms with Crippen molar-refractivity contribution < 1.29 is 0 Å². The van der Waals surface area contributed by atoms with E-state index in [9.17, 15) is 0 Å². The smallest absolute Gasteiger partial charge is 0.0378 e. The van der Waals surface area contributed by atoms with Crippen LogP contribution in [-0.2, 0) is 0 Å². The van der Waals surface area contributed by atoms with Gasteiger partial charge in [0.15, 0.2) is 0 Å². The first-order valence-corrected chi connectivity index (χ1v) is 3.95. The maximum Gasteiger partial charge on any atom is 0.0378 e. The number of hydrogen-bond acceptors (Lipinski definition) is 1. The summed E-state index contributed by atoms with van der Waals surface area (Å²) in [5.41, 5.74) is 1.76. The van der Waals surface area contributed by atoms with Crippen LogP contribution in [0.15, 0.2) is 74.2 Å². The minimum Gasteiger partial charge on any atom is -0.356 e. The van der Waals surface area contributed by atoms with Crippen molar-refractivity contribution in [2.45, 2.75) is 0 Å². The fourth-order valence-electron chi connectivity index (χ4n) is 0.742. The molecule has 0 aliphatic carbocycles. The second kappa shape index (κ2) is 6.92. The fraction of sp³-hybridized carbons (Fsp3) is 0. The molecule has 0 saturated carbocycles. The lowest BCUT2D eigenvalue weighted by Crippen LogP contribution is -2.08. The van der Waals surface area contributed by atoms with Gasteiger partial charge in [-0.2, -0.15) is 0 Å². The van der Waals surface area contributed by atoms with Gasteiger partial charge in [-0.25, -0.2) is 0 Å². The number of hydrogen-bond donors (Lipinski definition) is 1. The molecule has 0 amide bonds. The Kier molecular flexibility index (Phi) is 5.98. The summed E-state index contributed by atoms with van der Waals surface area (Å²) in [6.07, 6.45) is 10.5. The van der Waals surface area contributed by atoms with Crippen LogP contribution in [0.25, 0.3) is 0 Å². The number of nitrogens with one attached hydrogen (secondary N) is 1. The molecule has 0 atom stereocenters. The van der Waals surface area contributed by atoms with E-state index < -0.39 is 0 Å². The van der Waals surface area contributed by atoms with E-state index in [0.717, 1.165) is 11.4 Å². The van der Waals surface area contributed by atoms with Crippen molar-refractivity contribution in [3.05, 3.63) is 74.2 Å². The molecule has 0 aliphatic rings. The van der Waals surface area contributed by atoms with Crippen LogP contribution in [0.2, 0.25) is 0 Å². The van der Waals surface area contributed by atoms with Gasteiger partial charge in [0.05, 0.1) is 0 Å². The SMILES string of the molecule is C=C/C=C(\C=C)N/C(C=C)=C/C=C. The average Bonchev–Trinajstić information content (AvgIpc) is 2.16. The predicted octanol–water partition coefficient (Wildman–Crippen LogP) is 3.09. The molecular formula is C12H15N. The first kappa shape index (κ1) is 11.2. The molecule has 0 radical (unpaired) electrons. The maximum atomic E-state index is 3.66. The predicted molar refractivity (Wildman–Crippen MR) is 60.1 cm³/mol. The lowest BCUT2D eigenvalue weighted by Gasteiger charge is -2.05. The molecule has 1 heteroatoms. The third-order valence-electron chi connectivity index (χ3n) is 1.32. The van der Waals surface area contributed by atoms with Crippen molar-refractivity contribution in [2.24, 2.45) is 0 Å². The van der Waals surface area contributed by atoms with Gasteiger partial charge in [-0.1, -0.05) is 38.5 Å². The van der Waals surface area contributed by atoms with E-state index in [1.54, 1.807) is 24.3 Å². The van der Waals surface area contributed by atoms with Gasteiger partial charge in [0, 0.05) is 11.4 Å². The zero-order valence-electron chi connectivity index (χ0n) is 7.79. The molecule has 0 spiro atoms. The maximum absolute atomic E-state index is 3.66. The van der Waals surface area contributed by atoms with E-state index in [4.69, 9.17) is 0 Å². The van der Waals surface area contributed by atoms with Gasteiger partial charge in [0.2, 0.25) is 0 Å². The summed E-state index contributed by atoms with van der Waals surface area (Å²) in [5, 5.41) is 3.10. The summed E-state index contributed by atoms with van der Waals surface area (Å²) < 4.78 is 0. The molecule has 1 nitrogen and oxygen atoms in total. The molecule has 0 rings (SSSR count). The standard InChI is InChI=1S/C12H15N/c1-5-9-11(7-3)13-12(8-4)10-6-2/h5-10,13H,1-4H2/b11-9+,12-10+. The Bertz CT molecular complexity index is 239. The summed E-state index contributed by atoms with van der Waals surface area (Å²) >= 11 is 0. The molecule has 0 saturated heterocycles. The molecular weight excluding hydrogens is 158 g/mol. The molecule has 1 N–H and O–H groups in total. The Labute approximate surface area is 80.2 Å². The first-order chi connectivity index (χ1) is 6.28. The van der Waals surface area contributed by atoms with Crippen molar-refractivity contribution in [1.82, 2.24) is 5.32 Å². The normalized spacial score (nSPS) is 11.7. The highest BCUT2D eigenvalue weighted by Gasteiger charge is 1.90. The first-order valence-electron chi connectivity index (χ1n) is 3.95. The Morgan fingerprint density at radius 2 is 1.15 bits per heavy atom. The quantitative estimate of drug-likeness (QED) is 0.609. The Morgan fingerprint density at radius 1 is 0.769 bits per heavy atom. The summed E-state index contributed by atoms with van der Waals surface area (Å²) in [6, 6.07) is 0. The van der Waals surface area contributed by atoms with E-state index in [2.05, 4.69) is 31.6 Å². The molecule has 0 fully saturated rings. The Morgan fingerprint density at radius 3 is 1.38 bits per heavy atom. The van der Waals surface area contributed by atoms with Crippen LogP contribution in [0.1, 0.15) is 0 Å². The van der Waals surface area contributed by atoms with Crippen LogP contribution in [0.4, 0.5) is 0 Å². The van der Waals surface area contributed by atoms with Gasteiger partial charge in [0.1, 0.15) is 0 Å². The molecule has 0 aromatic carbocycles. The topological polar surface area (TPSA) is 12.0 Å². The second-order valence-electron chi connectivity index (χ2n) is 2.25. The molecule has 13 heavy (non-hydrogen) atoms. The Hall–Kier alpha value is -1.76. The highest BCUT2D eigenvalue weighted by Crippen LogP contribution is 1.98. The van der Waals surface area contributed by atoms with E-state index in [-0.39, 0.29) is 0 Å². The summed E-state index contributed by atoms with van der Waals surface area (Å²) in [4.78, 5) is 0. The third-order valence-corrected chi connectivity index (χ3v) is 1.32. The number of allylic oxidation sites excluding steroid dienone is 6. The van der Waals surface area contributed by atoms with Gasteiger partial charge in [0.25, 0.3) is 0 Å². The van der Waals surface area contributed by atoms with Crippen molar-refractivity contribution in [1.29, 1.82) is 0 Å². The van der Waals surface area contributed by atoms with E-state index in [0.29, 0.717) is 0 Å². The fourth-order valence-corrected chi connectivity index (χ4v) is 0.742. The van der Waals surface area contributed by atoms with Crippen molar-refractivity contribution in [2.75, 3.05) is 0 Å². The van der Waals surface area contributed by atoms with Crippen LogP contribution >= 0.6 is 0 Å². The molecule has 0 aliphatic heterocycles. The minimum absolute atomic E-state index is 0.878. The van der Waals surface area contributed by atoms with Gasteiger partial charge in [-0.05, 0) is 24.3 Å². The van der Waals surface area contributed by atoms with Crippen molar-refractivity contribution >= 4 is 0 Å². The molecule has 0 heterocycles. The van der Waals surface area contributed by atoms with E-state index >= 15 is 0 Å². The number of rotatable bonds is 6. The zero-order chi connectivity index (χ0) is 10.1. The van der Waals surface area contributed by atoms with E-state index in [1.807, 2.05) is 12.2 Å². The molecule has 0 aromatic heterocycles. The average molecular weight is 173 g/mol. The van der Waals surface area contributed by atoms with Gasteiger partial charge < -0.3 is 5.32 Å².